The average Bonchev–Trinajstić information content (AvgIpc) is 2.66. The van der Waals surface area contributed by atoms with E-state index in [4.69, 9.17) is 18.9 Å². The van der Waals surface area contributed by atoms with Gasteiger partial charge in [-0.25, -0.2) is 9.59 Å². The number of benzene rings is 1. The third-order valence-electron chi connectivity index (χ3n) is 3.89. The molecule has 0 fully saturated rings. The highest BCUT2D eigenvalue weighted by molar-refractivity contribution is 6.03. The number of anilines is 1. The molecule has 0 bridgehead atoms. The number of ether oxygens (including phenoxy) is 4. The summed E-state index contributed by atoms with van der Waals surface area (Å²) >= 11 is 0. The van der Waals surface area contributed by atoms with Crippen molar-refractivity contribution in [1.29, 1.82) is 0 Å². The largest absolute Gasteiger partial charge is 0.489 e. The van der Waals surface area contributed by atoms with Gasteiger partial charge < -0.3 is 23.8 Å². The first-order valence-corrected chi connectivity index (χ1v) is 8.04. The molecule has 0 N–H and O–H groups in total. The van der Waals surface area contributed by atoms with Crippen molar-refractivity contribution in [2.45, 2.75) is 26.4 Å². The summed E-state index contributed by atoms with van der Waals surface area (Å²) in [6.07, 6.45) is 0.829. The average molecular weight is 349 g/mol. The first-order valence-electron chi connectivity index (χ1n) is 8.04. The smallest absolute Gasteiger partial charge is 0.355 e. The predicted molar refractivity (Wildman–Crippen MR) is 91.2 cm³/mol. The van der Waals surface area contributed by atoms with E-state index in [2.05, 4.69) is 0 Å². The van der Waals surface area contributed by atoms with Gasteiger partial charge in [-0.1, -0.05) is 19.1 Å². The molecule has 0 saturated carbocycles. The third-order valence-corrected chi connectivity index (χ3v) is 3.89. The summed E-state index contributed by atoms with van der Waals surface area (Å²) in [7, 11) is 2.52. The minimum atomic E-state index is -0.637. The van der Waals surface area contributed by atoms with E-state index in [1.165, 1.54) is 14.2 Å². The molecule has 1 aliphatic heterocycles. The van der Waals surface area contributed by atoms with E-state index in [-0.39, 0.29) is 30.7 Å². The quantitative estimate of drug-likeness (QED) is 0.729. The van der Waals surface area contributed by atoms with E-state index < -0.39 is 11.9 Å². The van der Waals surface area contributed by atoms with E-state index in [9.17, 15) is 9.59 Å². The zero-order valence-corrected chi connectivity index (χ0v) is 14.9. The molecule has 1 atom stereocenters. The molecule has 0 aromatic heterocycles. The topological polar surface area (TPSA) is 74.3 Å². The van der Waals surface area contributed by atoms with Crippen LogP contribution in [0.2, 0.25) is 0 Å². The lowest BCUT2D eigenvalue weighted by molar-refractivity contribution is -0.140. The zero-order chi connectivity index (χ0) is 18.4. The van der Waals surface area contributed by atoms with E-state index >= 15 is 0 Å². The molecule has 2 rings (SSSR count). The molecule has 0 amide bonds. The molecule has 0 saturated heterocycles. The van der Waals surface area contributed by atoms with Gasteiger partial charge in [-0.15, -0.1) is 0 Å². The van der Waals surface area contributed by atoms with Crippen LogP contribution in [-0.2, 0) is 23.8 Å². The van der Waals surface area contributed by atoms with Gasteiger partial charge in [0.25, 0.3) is 0 Å². The number of hydrogen-bond donors (Lipinski definition) is 0. The number of carbonyl (C=O) groups is 2. The lowest BCUT2D eigenvalue weighted by atomic mass is 10.1. The fourth-order valence-electron chi connectivity index (χ4n) is 2.41. The highest BCUT2D eigenvalue weighted by atomic mass is 16.5. The molecule has 7 heteroatoms. The SMILES string of the molecule is CCC(C)Oc1ccccc1N1COCC(C(=O)OC)=C1C(=O)OC. The van der Waals surface area contributed by atoms with E-state index in [0.29, 0.717) is 11.4 Å². The van der Waals surface area contributed by atoms with Gasteiger partial charge in [0.2, 0.25) is 0 Å². The summed E-state index contributed by atoms with van der Waals surface area (Å²) in [6.45, 7) is 4.04. The number of nitrogens with zero attached hydrogens (tertiary/aromatic N) is 1. The number of carbonyl (C=O) groups excluding carboxylic acids is 2. The number of methoxy groups -OCH3 is 2. The molecule has 1 aromatic rings. The highest BCUT2D eigenvalue weighted by Gasteiger charge is 2.33. The molecule has 1 aromatic carbocycles. The van der Waals surface area contributed by atoms with Gasteiger partial charge in [0.05, 0.1) is 38.2 Å². The predicted octanol–water partition coefficient (Wildman–Crippen LogP) is 2.26. The van der Waals surface area contributed by atoms with Crippen molar-refractivity contribution in [1.82, 2.24) is 0 Å². The molecular weight excluding hydrogens is 326 g/mol. The molecule has 1 aliphatic rings. The van der Waals surface area contributed by atoms with Gasteiger partial charge in [-0.05, 0) is 25.5 Å². The van der Waals surface area contributed by atoms with E-state index in [1.807, 2.05) is 32.0 Å². The molecule has 1 heterocycles. The zero-order valence-electron chi connectivity index (χ0n) is 14.9. The number of para-hydroxylation sites is 2. The Morgan fingerprint density at radius 3 is 2.52 bits per heavy atom. The second-order valence-electron chi connectivity index (χ2n) is 5.52. The fraction of sp³-hybridized carbons (Fsp3) is 0.444. The van der Waals surface area contributed by atoms with Crippen molar-refractivity contribution in [3.8, 4) is 5.75 Å². The van der Waals surface area contributed by atoms with E-state index in [0.717, 1.165) is 6.42 Å². The monoisotopic (exact) mass is 349 g/mol. The first-order chi connectivity index (χ1) is 12.0. The van der Waals surface area contributed by atoms with Crippen LogP contribution in [0.15, 0.2) is 35.5 Å². The maximum Gasteiger partial charge on any atom is 0.355 e. The fourth-order valence-corrected chi connectivity index (χ4v) is 2.41. The Labute approximate surface area is 147 Å². The number of hydrogen-bond acceptors (Lipinski definition) is 7. The van der Waals surface area contributed by atoms with Crippen LogP contribution in [0.3, 0.4) is 0 Å². The maximum atomic E-state index is 12.3. The molecule has 0 radical (unpaired) electrons. The molecule has 7 nitrogen and oxygen atoms in total. The van der Waals surface area contributed by atoms with Crippen molar-refractivity contribution in [2.75, 3.05) is 32.5 Å². The summed E-state index contributed by atoms with van der Waals surface area (Å²) in [6, 6.07) is 7.27. The Balaban J connectivity index is 2.53. The van der Waals surface area contributed by atoms with Crippen LogP contribution < -0.4 is 9.64 Å². The third kappa shape index (κ3) is 4.11. The van der Waals surface area contributed by atoms with Crippen molar-refractivity contribution < 1.29 is 28.5 Å². The summed E-state index contributed by atoms with van der Waals surface area (Å²) in [5.74, 6) is -0.680. The van der Waals surface area contributed by atoms with E-state index in [1.54, 1.807) is 11.0 Å². The van der Waals surface area contributed by atoms with Gasteiger partial charge in [0.15, 0.2) is 0 Å². The minimum Gasteiger partial charge on any atom is -0.489 e. The van der Waals surface area contributed by atoms with Crippen molar-refractivity contribution in [2.24, 2.45) is 0 Å². The maximum absolute atomic E-state index is 12.3. The van der Waals surface area contributed by atoms with Crippen molar-refractivity contribution in [3.05, 3.63) is 35.5 Å². The minimum absolute atomic E-state index is 0.00232. The Morgan fingerprint density at radius 1 is 1.20 bits per heavy atom. The molecule has 1 unspecified atom stereocenters. The second-order valence-corrected chi connectivity index (χ2v) is 5.52. The molecular formula is C18H23NO6. The van der Waals surface area contributed by atoms with Crippen LogP contribution in [0.5, 0.6) is 5.75 Å². The van der Waals surface area contributed by atoms with Crippen LogP contribution >= 0.6 is 0 Å². The van der Waals surface area contributed by atoms with Gasteiger partial charge in [0, 0.05) is 0 Å². The van der Waals surface area contributed by atoms with Gasteiger partial charge in [-0.3, -0.25) is 0 Å². The Hall–Kier alpha value is -2.54. The summed E-state index contributed by atoms with van der Waals surface area (Å²) in [5, 5.41) is 0. The van der Waals surface area contributed by atoms with Crippen LogP contribution in [0.4, 0.5) is 5.69 Å². The van der Waals surface area contributed by atoms with Crippen molar-refractivity contribution in [3.63, 3.8) is 0 Å². The van der Waals surface area contributed by atoms with Gasteiger partial charge in [0.1, 0.15) is 18.2 Å². The lowest BCUT2D eigenvalue weighted by Gasteiger charge is -2.32. The number of rotatable bonds is 6. The number of esters is 2. The lowest BCUT2D eigenvalue weighted by Crippen LogP contribution is -2.39. The van der Waals surface area contributed by atoms with Crippen molar-refractivity contribution >= 4 is 17.6 Å². The Bertz CT molecular complexity index is 669. The second kappa shape index (κ2) is 8.53. The van der Waals surface area contributed by atoms with Crippen LogP contribution in [-0.4, -0.2) is 45.6 Å². The normalized spacial score (nSPS) is 15.6. The molecule has 136 valence electrons. The first kappa shape index (κ1) is 18.8. The van der Waals surface area contributed by atoms with Crippen LogP contribution in [0, 0.1) is 0 Å². The Kier molecular flexibility index (Phi) is 6.41. The van der Waals surface area contributed by atoms with Gasteiger partial charge >= 0.3 is 11.9 Å². The van der Waals surface area contributed by atoms with Crippen LogP contribution in [0.25, 0.3) is 0 Å². The molecule has 0 aliphatic carbocycles. The highest BCUT2D eigenvalue weighted by Crippen LogP contribution is 2.34. The summed E-state index contributed by atoms with van der Waals surface area (Å²) in [4.78, 5) is 26.0. The standard InChI is InChI=1S/C18H23NO6/c1-5-12(2)25-15-9-7-6-8-14(15)19-11-24-10-13(17(20)22-3)16(19)18(21)23-4/h6-9,12H,5,10-11H2,1-4H3. The van der Waals surface area contributed by atoms with Crippen LogP contribution in [0.1, 0.15) is 20.3 Å². The Morgan fingerprint density at radius 2 is 1.88 bits per heavy atom. The molecule has 25 heavy (non-hydrogen) atoms. The summed E-state index contributed by atoms with van der Waals surface area (Å²) in [5.41, 5.74) is 0.823. The molecule has 0 spiro atoms. The van der Waals surface area contributed by atoms with Gasteiger partial charge in [-0.2, -0.15) is 0 Å². The summed E-state index contributed by atoms with van der Waals surface area (Å²) < 4.78 is 21.1.